The van der Waals surface area contributed by atoms with E-state index in [1.807, 2.05) is 43.3 Å². The molecule has 2 aromatic rings. The summed E-state index contributed by atoms with van der Waals surface area (Å²) in [6, 6.07) is 16.2. The normalized spacial score (nSPS) is 12.0. The maximum Gasteiger partial charge on any atom is 0.252 e. The molecule has 1 atom stereocenters. The Hall–Kier alpha value is -0.880. The lowest BCUT2D eigenvalue weighted by atomic mass is 10.1. The molecule has 0 saturated heterocycles. The molecular weight excluding hydrogens is 441 g/mol. The van der Waals surface area contributed by atoms with Crippen LogP contribution in [0.5, 0.6) is 0 Å². The first-order valence-corrected chi connectivity index (χ1v) is 8.73. The average molecular weight is 458 g/mol. The summed E-state index contributed by atoms with van der Waals surface area (Å²) in [5, 5.41) is 3.07. The number of rotatable bonds is 5. The smallest absolute Gasteiger partial charge is 0.252 e. The minimum atomic E-state index is -0.0127. The van der Waals surface area contributed by atoms with Gasteiger partial charge in [0.25, 0.3) is 5.91 Å². The molecule has 0 bridgehead atoms. The second kappa shape index (κ2) is 7.94. The summed E-state index contributed by atoms with van der Waals surface area (Å²) >= 11 is 5.60. The van der Waals surface area contributed by atoms with Crippen LogP contribution in [0.4, 0.5) is 0 Å². The molecule has 0 aliphatic rings. The zero-order valence-corrected chi connectivity index (χ0v) is 15.5. The third kappa shape index (κ3) is 5.11. The highest BCUT2D eigenvalue weighted by Gasteiger charge is 2.13. The largest absolute Gasteiger partial charge is 0.350 e. The Bertz CT molecular complexity index is 615. The first kappa shape index (κ1) is 16.5. The van der Waals surface area contributed by atoms with Crippen molar-refractivity contribution in [2.75, 3.05) is 0 Å². The second-order valence-electron chi connectivity index (χ2n) is 5.02. The molecule has 4 heteroatoms. The van der Waals surface area contributed by atoms with Gasteiger partial charge < -0.3 is 5.32 Å². The van der Waals surface area contributed by atoms with Gasteiger partial charge in [-0.1, -0.05) is 46.3 Å². The molecular formula is C17H17BrINO. The lowest BCUT2D eigenvalue weighted by molar-refractivity contribution is 0.0937. The third-order valence-corrected chi connectivity index (χ3v) is 4.69. The zero-order chi connectivity index (χ0) is 15.2. The van der Waals surface area contributed by atoms with Gasteiger partial charge in [0, 0.05) is 14.1 Å². The van der Waals surface area contributed by atoms with E-state index in [1.165, 1.54) is 5.56 Å². The Balaban J connectivity index is 1.91. The van der Waals surface area contributed by atoms with Gasteiger partial charge in [0.05, 0.1) is 5.56 Å². The maximum atomic E-state index is 12.3. The molecule has 0 spiro atoms. The van der Waals surface area contributed by atoms with E-state index in [0.29, 0.717) is 0 Å². The van der Waals surface area contributed by atoms with Crippen molar-refractivity contribution >= 4 is 44.4 Å². The minimum Gasteiger partial charge on any atom is -0.350 e. The van der Waals surface area contributed by atoms with Crippen LogP contribution >= 0.6 is 38.5 Å². The molecule has 2 aromatic carbocycles. The van der Waals surface area contributed by atoms with Crippen LogP contribution in [0.2, 0.25) is 0 Å². The van der Waals surface area contributed by atoms with Crippen LogP contribution in [0.25, 0.3) is 0 Å². The van der Waals surface area contributed by atoms with Crippen molar-refractivity contribution in [1.82, 2.24) is 5.32 Å². The molecule has 0 unspecified atom stereocenters. The van der Waals surface area contributed by atoms with Crippen LogP contribution in [0.3, 0.4) is 0 Å². The Morgan fingerprint density at radius 2 is 1.95 bits per heavy atom. The van der Waals surface area contributed by atoms with Crippen molar-refractivity contribution in [3.8, 4) is 0 Å². The highest BCUT2D eigenvalue weighted by molar-refractivity contribution is 14.1. The predicted octanol–water partition coefficient (Wildman–Crippen LogP) is 4.80. The van der Waals surface area contributed by atoms with Gasteiger partial charge in [-0.05, 0) is 66.1 Å². The van der Waals surface area contributed by atoms with Gasteiger partial charge in [0.2, 0.25) is 0 Å². The van der Waals surface area contributed by atoms with Crippen LogP contribution in [0.15, 0.2) is 53.0 Å². The number of hydrogen-bond donors (Lipinski definition) is 1. The van der Waals surface area contributed by atoms with E-state index >= 15 is 0 Å². The summed E-state index contributed by atoms with van der Waals surface area (Å²) in [6.07, 6.45) is 1.90. The molecule has 1 amide bonds. The van der Waals surface area contributed by atoms with Gasteiger partial charge in [0.1, 0.15) is 0 Å². The molecule has 0 aromatic heterocycles. The summed E-state index contributed by atoms with van der Waals surface area (Å²) in [6.45, 7) is 2.05. The predicted molar refractivity (Wildman–Crippen MR) is 98.6 cm³/mol. The summed E-state index contributed by atoms with van der Waals surface area (Å²) in [5.41, 5.74) is 2.02. The summed E-state index contributed by atoms with van der Waals surface area (Å²) in [7, 11) is 0. The molecule has 110 valence electrons. The first-order chi connectivity index (χ1) is 10.1. The van der Waals surface area contributed by atoms with Crippen LogP contribution in [0, 0.1) is 3.57 Å². The number of carbonyl (C=O) groups excluding carboxylic acids is 1. The number of benzene rings is 2. The fraction of sp³-hybridized carbons (Fsp3) is 0.235. The Kier molecular flexibility index (Phi) is 6.23. The number of aryl methyl sites for hydroxylation is 1. The highest BCUT2D eigenvalue weighted by Crippen LogP contribution is 2.18. The van der Waals surface area contributed by atoms with Gasteiger partial charge >= 0.3 is 0 Å². The van der Waals surface area contributed by atoms with Crippen molar-refractivity contribution < 1.29 is 4.79 Å². The molecule has 0 fully saturated rings. The molecule has 0 aliphatic heterocycles. The molecule has 1 N–H and O–H groups in total. The quantitative estimate of drug-likeness (QED) is 0.641. The van der Waals surface area contributed by atoms with Crippen LogP contribution in [-0.4, -0.2) is 11.9 Å². The molecule has 2 nitrogen and oxygen atoms in total. The SMILES string of the molecule is C[C@H](CCc1ccccc1)NC(=O)c1cc(Br)ccc1I. The first-order valence-electron chi connectivity index (χ1n) is 6.86. The van der Waals surface area contributed by atoms with Crippen molar-refractivity contribution in [2.45, 2.75) is 25.8 Å². The standard InChI is InChI=1S/C17H17BrINO/c1-12(7-8-13-5-3-2-4-6-13)20-17(21)15-11-14(18)9-10-16(15)19/h2-6,9-12H,7-8H2,1H3,(H,20,21)/t12-/m1/s1. The van der Waals surface area contributed by atoms with Gasteiger partial charge in [-0.15, -0.1) is 0 Å². The molecule has 0 radical (unpaired) electrons. The number of carbonyl (C=O) groups is 1. The van der Waals surface area contributed by atoms with E-state index < -0.39 is 0 Å². The monoisotopic (exact) mass is 457 g/mol. The van der Waals surface area contributed by atoms with E-state index in [9.17, 15) is 4.79 Å². The number of amides is 1. The molecule has 0 heterocycles. The van der Waals surface area contributed by atoms with Crippen LogP contribution in [-0.2, 0) is 6.42 Å². The van der Waals surface area contributed by atoms with E-state index in [0.717, 1.165) is 26.4 Å². The fourth-order valence-corrected chi connectivity index (χ4v) is 3.01. The Labute approximate surface area is 147 Å². The summed E-state index contributed by atoms with van der Waals surface area (Å²) in [4.78, 5) is 12.3. The minimum absolute atomic E-state index is 0.0127. The lowest BCUT2D eigenvalue weighted by Gasteiger charge is -2.15. The van der Waals surface area contributed by atoms with Crippen LogP contribution in [0.1, 0.15) is 29.3 Å². The molecule has 2 rings (SSSR count). The summed E-state index contributed by atoms with van der Waals surface area (Å²) < 4.78 is 1.88. The zero-order valence-electron chi connectivity index (χ0n) is 11.8. The van der Waals surface area contributed by atoms with E-state index in [-0.39, 0.29) is 11.9 Å². The van der Waals surface area contributed by atoms with Gasteiger partial charge in [0.15, 0.2) is 0 Å². The second-order valence-corrected chi connectivity index (χ2v) is 7.10. The van der Waals surface area contributed by atoms with Crippen molar-refractivity contribution in [1.29, 1.82) is 0 Å². The summed E-state index contributed by atoms with van der Waals surface area (Å²) in [5.74, 6) is -0.0127. The third-order valence-electron chi connectivity index (χ3n) is 3.26. The Morgan fingerprint density at radius 1 is 1.24 bits per heavy atom. The average Bonchev–Trinajstić information content (AvgIpc) is 2.48. The van der Waals surface area contributed by atoms with E-state index in [2.05, 4.69) is 56.0 Å². The van der Waals surface area contributed by atoms with Gasteiger partial charge in [-0.2, -0.15) is 0 Å². The number of halogens is 2. The van der Waals surface area contributed by atoms with Gasteiger partial charge in [-0.25, -0.2) is 0 Å². The Morgan fingerprint density at radius 3 is 2.67 bits per heavy atom. The number of nitrogens with one attached hydrogen (secondary N) is 1. The van der Waals surface area contributed by atoms with Crippen molar-refractivity contribution in [2.24, 2.45) is 0 Å². The fourth-order valence-electron chi connectivity index (χ4n) is 2.07. The van der Waals surface area contributed by atoms with Crippen LogP contribution < -0.4 is 5.32 Å². The topological polar surface area (TPSA) is 29.1 Å². The van der Waals surface area contributed by atoms with Crippen molar-refractivity contribution in [3.63, 3.8) is 0 Å². The maximum absolute atomic E-state index is 12.3. The highest BCUT2D eigenvalue weighted by atomic mass is 127. The van der Waals surface area contributed by atoms with Crippen molar-refractivity contribution in [3.05, 3.63) is 67.7 Å². The lowest BCUT2D eigenvalue weighted by Crippen LogP contribution is -2.33. The van der Waals surface area contributed by atoms with Gasteiger partial charge in [-0.3, -0.25) is 4.79 Å². The molecule has 0 aliphatic carbocycles. The van der Waals surface area contributed by atoms with E-state index in [1.54, 1.807) is 0 Å². The molecule has 0 saturated carbocycles. The van der Waals surface area contributed by atoms with E-state index in [4.69, 9.17) is 0 Å². The molecule has 21 heavy (non-hydrogen) atoms. The number of hydrogen-bond acceptors (Lipinski definition) is 1.